The molecule has 3 unspecified atom stereocenters. The van der Waals surface area contributed by atoms with Crippen molar-refractivity contribution in [2.24, 2.45) is 17.8 Å². The quantitative estimate of drug-likeness (QED) is 0.782. The summed E-state index contributed by atoms with van der Waals surface area (Å²) in [5.41, 5.74) is 2.07. The van der Waals surface area contributed by atoms with Crippen LogP contribution in [0.15, 0.2) is 24.3 Å². The maximum absolute atomic E-state index is 12.6. The molecule has 2 bridgehead atoms. The van der Waals surface area contributed by atoms with Gasteiger partial charge in [0.25, 0.3) is 5.91 Å². The number of ketones is 1. The van der Waals surface area contributed by atoms with Gasteiger partial charge in [0, 0.05) is 23.6 Å². The highest BCUT2D eigenvalue weighted by atomic mass is 16.5. The molecule has 1 aliphatic heterocycles. The number of fused-ring (bicyclic) bond motifs is 3. The minimum absolute atomic E-state index is 0.0150. The Bertz CT molecular complexity index is 727. The fraction of sp³-hybridized carbons (Fsp3) is 0.571. The Morgan fingerprint density at radius 1 is 1.15 bits per heavy atom. The van der Waals surface area contributed by atoms with E-state index in [0.29, 0.717) is 18.6 Å². The number of hydrogen-bond acceptors (Lipinski definition) is 4. The molecule has 0 radical (unpaired) electrons. The lowest BCUT2D eigenvalue weighted by molar-refractivity contribution is -0.156. The van der Waals surface area contributed by atoms with Gasteiger partial charge in [0.2, 0.25) is 0 Å². The average molecular weight is 355 g/mol. The first-order valence-electron chi connectivity index (χ1n) is 9.65. The van der Waals surface area contributed by atoms with Crippen LogP contribution in [-0.2, 0) is 25.5 Å². The molecule has 1 amide bonds. The maximum Gasteiger partial charge on any atom is 0.309 e. The third kappa shape index (κ3) is 3.04. The van der Waals surface area contributed by atoms with Gasteiger partial charge in [-0.05, 0) is 50.7 Å². The molecular formula is C21H25NO4. The van der Waals surface area contributed by atoms with Gasteiger partial charge in [-0.1, -0.05) is 24.6 Å². The molecule has 2 fully saturated rings. The number of carbonyl (C=O) groups excluding carboxylic acids is 3. The van der Waals surface area contributed by atoms with Crippen molar-refractivity contribution in [2.75, 3.05) is 11.5 Å². The van der Waals surface area contributed by atoms with Crippen LogP contribution in [0.3, 0.4) is 0 Å². The van der Waals surface area contributed by atoms with Crippen molar-refractivity contribution in [3.8, 4) is 0 Å². The normalized spacial score (nSPS) is 30.0. The second-order valence-electron chi connectivity index (χ2n) is 7.95. The Morgan fingerprint density at radius 3 is 2.58 bits per heavy atom. The smallest absolute Gasteiger partial charge is 0.309 e. The van der Waals surface area contributed by atoms with E-state index < -0.39 is 0 Å². The summed E-state index contributed by atoms with van der Waals surface area (Å²) in [7, 11) is 0. The minimum Gasteiger partial charge on any atom is -0.455 e. The van der Waals surface area contributed by atoms with E-state index in [2.05, 4.69) is 0 Å². The summed E-state index contributed by atoms with van der Waals surface area (Å²) < 4.78 is 5.38. The van der Waals surface area contributed by atoms with Crippen LogP contribution in [0.4, 0.5) is 5.69 Å². The third-order valence-corrected chi connectivity index (χ3v) is 6.20. The summed E-state index contributed by atoms with van der Waals surface area (Å²) in [5, 5.41) is 0. The minimum atomic E-state index is -0.317. The van der Waals surface area contributed by atoms with Crippen LogP contribution >= 0.6 is 0 Å². The van der Waals surface area contributed by atoms with Gasteiger partial charge in [-0.3, -0.25) is 14.4 Å². The number of amides is 1. The topological polar surface area (TPSA) is 63.7 Å². The van der Waals surface area contributed by atoms with Crippen molar-refractivity contribution in [1.29, 1.82) is 0 Å². The number of Topliss-reactive ketones (excluding diaryl/α,β-unsaturated/α-hetero) is 1. The standard InChI is InChI=1S/C21H25NO4/c1-13-9-14-5-2-3-8-18(14)22(13)19(23)12-26-21(25)17-10-15-6-4-7-16(11-17)20(15)24/h2-3,5,8,13,15-17H,4,6-7,9-12H2,1H3. The van der Waals surface area contributed by atoms with Crippen molar-refractivity contribution < 1.29 is 19.1 Å². The van der Waals surface area contributed by atoms with Crippen molar-refractivity contribution in [1.82, 2.24) is 0 Å². The Hall–Kier alpha value is -2.17. The predicted octanol–water partition coefficient (Wildman–Crippen LogP) is 2.90. The fourth-order valence-corrected chi connectivity index (χ4v) is 4.94. The summed E-state index contributed by atoms with van der Waals surface area (Å²) >= 11 is 0. The van der Waals surface area contributed by atoms with E-state index in [-0.39, 0.29) is 42.3 Å². The second kappa shape index (κ2) is 6.86. The molecule has 26 heavy (non-hydrogen) atoms. The lowest BCUT2D eigenvalue weighted by atomic mass is 9.67. The van der Waals surface area contributed by atoms with Crippen molar-refractivity contribution >= 4 is 23.3 Å². The van der Waals surface area contributed by atoms with Gasteiger partial charge >= 0.3 is 5.97 Å². The second-order valence-corrected chi connectivity index (χ2v) is 7.95. The highest BCUT2D eigenvalue weighted by Gasteiger charge is 2.42. The van der Waals surface area contributed by atoms with Crippen molar-refractivity contribution in [3.05, 3.63) is 29.8 Å². The largest absolute Gasteiger partial charge is 0.455 e. The van der Waals surface area contributed by atoms with Gasteiger partial charge in [-0.2, -0.15) is 0 Å². The molecule has 1 aromatic carbocycles. The number of benzene rings is 1. The van der Waals surface area contributed by atoms with E-state index in [9.17, 15) is 14.4 Å². The zero-order valence-corrected chi connectivity index (χ0v) is 15.1. The summed E-state index contributed by atoms with van der Waals surface area (Å²) in [6, 6.07) is 7.93. The van der Waals surface area contributed by atoms with Crippen molar-refractivity contribution in [2.45, 2.75) is 51.5 Å². The SMILES string of the molecule is CC1Cc2ccccc2N1C(=O)COC(=O)C1CC2CCCC(C1)C2=O. The third-order valence-electron chi connectivity index (χ3n) is 6.20. The molecule has 3 aliphatic rings. The number of ether oxygens (including phenoxy) is 1. The van der Waals surface area contributed by atoms with E-state index in [1.54, 1.807) is 4.90 Å². The molecule has 0 N–H and O–H groups in total. The first kappa shape index (κ1) is 17.3. The zero-order valence-electron chi connectivity index (χ0n) is 15.1. The van der Waals surface area contributed by atoms with Crippen LogP contribution in [0.1, 0.15) is 44.6 Å². The molecule has 1 aromatic rings. The summed E-state index contributed by atoms with van der Waals surface area (Å²) in [4.78, 5) is 39.0. The summed E-state index contributed by atoms with van der Waals surface area (Å²) in [5.74, 6) is -0.369. The number of esters is 1. The monoisotopic (exact) mass is 355 g/mol. The van der Waals surface area contributed by atoms with Crippen LogP contribution in [0.2, 0.25) is 0 Å². The van der Waals surface area contributed by atoms with Crippen LogP contribution in [0, 0.1) is 17.8 Å². The Morgan fingerprint density at radius 2 is 1.85 bits per heavy atom. The molecule has 3 atom stereocenters. The Labute approximate surface area is 153 Å². The van der Waals surface area contributed by atoms with Crippen LogP contribution in [0.25, 0.3) is 0 Å². The number of hydrogen-bond donors (Lipinski definition) is 0. The van der Waals surface area contributed by atoms with Gasteiger partial charge in [0.15, 0.2) is 6.61 Å². The molecular weight excluding hydrogens is 330 g/mol. The molecule has 5 heteroatoms. The van der Waals surface area contributed by atoms with E-state index in [4.69, 9.17) is 4.74 Å². The van der Waals surface area contributed by atoms with Gasteiger partial charge in [0.1, 0.15) is 5.78 Å². The first-order valence-corrected chi connectivity index (χ1v) is 9.65. The summed E-state index contributed by atoms with van der Waals surface area (Å²) in [6.45, 7) is 1.78. The van der Waals surface area contributed by atoms with Gasteiger partial charge in [0.05, 0.1) is 5.92 Å². The summed E-state index contributed by atoms with van der Waals surface area (Å²) in [6.07, 6.45) is 4.86. The Balaban J connectivity index is 1.36. The maximum atomic E-state index is 12.6. The fourth-order valence-electron chi connectivity index (χ4n) is 4.94. The first-order chi connectivity index (χ1) is 12.5. The van der Waals surface area contributed by atoms with E-state index in [0.717, 1.165) is 36.9 Å². The predicted molar refractivity (Wildman–Crippen MR) is 96.6 cm³/mol. The molecule has 5 nitrogen and oxygen atoms in total. The molecule has 1 heterocycles. The molecule has 0 aromatic heterocycles. The lowest BCUT2D eigenvalue weighted by Crippen LogP contribution is -2.41. The lowest BCUT2D eigenvalue weighted by Gasteiger charge is -2.36. The number of para-hydroxylation sites is 1. The van der Waals surface area contributed by atoms with Gasteiger partial charge in [-0.25, -0.2) is 0 Å². The average Bonchev–Trinajstić information content (AvgIpc) is 2.95. The molecule has 2 saturated carbocycles. The molecule has 0 spiro atoms. The van der Waals surface area contributed by atoms with E-state index in [1.165, 1.54) is 0 Å². The van der Waals surface area contributed by atoms with Gasteiger partial charge in [-0.15, -0.1) is 0 Å². The molecule has 2 aliphatic carbocycles. The molecule has 0 saturated heterocycles. The molecule has 138 valence electrons. The highest BCUT2D eigenvalue weighted by Crippen LogP contribution is 2.40. The van der Waals surface area contributed by atoms with Crippen LogP contribution in [-0.4, -0.2) is 30.3 Å². The number of nitrogens with zero attached hydrogens (tertiary/aromatic N) is 1. The van der Waals surface area contributed by atoms with Crippen molar-refractivity contribution in [3.63, 3.8) is 0 Å². The number of rotatable bonds is 3. The van der Waals surface area contributed by atoms with Gasteiger partial charge < -0.3 is 9.64 Å². The number of anilines is 1. The number of carbonyl (C=O) groups is 3. The van der Waals surface area contributed by atoms with Crippen LogP contribution in [0.5, 0.6) is 0 Å². The van der Waals surface area contributed by atoms with E-state index in [1.807, 2.05) is 31.2 Å². The zero-order chi connectivity index (χ0) is 18.3. The van der Waals surface area contributed by atoms with E-state index >= 15 is 0 Å². The van der Waals surface area contributed by atoms with Crippen LogP contribution < -0.4 is 4.90 Å². The Kier molecular flexibility index (Phi) is 4.55. The highest BCUT2D eigenvalue weighted by molar-refractivity contribution is 5.98. The molecule has 4 rings (SSSR count).